The van der Waals surface area contributed by atoms with E-state index in [2.05, 4.69) is 34.9 Å². The minimum atomic E-state index is -0.0723. The summed E-state index contributed by atoms with van der Waals surface area (Å²) in [5.74, 6) is 4.93. The molecule has 0 aromatic carbocycles. The van der Waals surface area contributed by atoms with E-state index in [4.69, 9.17) is 5.84 Å². The van der Waals surface area contributed by atoms with Crippen LogP contribution in [0.4, 0.5) is 0 Å². The van der Waals surface area contributed by atoms with Crippen LogP contribution in [0.25, 0.3) is 0 Å². The zero-order valence-corrected chi connectivity index (χ0v) is 11.1. The molecule has 0 aliphatic rings. The second-order valence-electron chi connectivity index (χ2n) is 4.20. The first-order valence-electron chi connectivity index (χ1n) is 5.92. The standard InChI is InChI=1S/C12H21N3OS/c1-15(10-11-6-5-9-17-11)8-4-2-3-7-12(16)14-13/h5-6,9H,2-4,7-8,10,13H2,1H3,(H,14,16). The largest absolute Gasteiger partial charge is 0.301 e. The number of rotatable bonds is 8. The van der Waals surface area contributed by atoms with Gasteiger partial charge in [-0.05, 0) is 37.9 Å². The Hall–Kier alpha value is -0.910. The van der Waals surface area contributed by atoms with Crippen molar-refractivity contribution in [2.24, 2.45) is 5.84 Å². The summed E-state index contributed by atoms with van der Waals surface area (Å²) in [6.45, 7) is 2.09. The van der Waals surface area contributed by atoms with Crippen molar-refractivity contribution in [3.63, 3.8) is 0 Å². The molecule has 96 valence electrons. The van der Waals surface area contributed by atoms with Gasteiger partial charge in [0.2, 0.25) is 5.91 Å². The average Bonchev–Trinajstić information content (AvgIpc) is 2.81. The molecule has 1 amide bonds. The Morgan fingerprint density at radius 2 is 2.29 bits per heavy atom. The molecule has 1 heterocycles. The van der Waals surface area contributed by atoms with Gasteiger partial charge in [-0.15, -0.1) is 11.3 Å². The minimum absolute atomic E-state index is 0.0723. The molecule has 1 aromatic rings. The highest BCUT2D eigenvalue weighted by Crippen LogP contribution is 2.11. The van der Waals surface area contributed by atoms with Crippen LogP contribution < -0.4 is 11.3 Å². The maximum atomic E-state index is 10.9. The van der Waals surface area contributed by atoms with Crippen molar-refractivity contribution in [1.29, 1.82) is 0 Å². The molecule has 3 N–H and O–H groups in total. The summed E-state index contributed by atoms with van der Waals surface area (Å²) >= 11 is 1.79. The van der Waals surface area contributed by atoms with Gasteiger partial charge < -0.3 is 4.90 Å². The molecule has 0 saturated heterocycles. The SMILES string of the molecule is CN(CCCCCC(=O)NN)Cc1cccs1. The summed E-state index contributed by atoms with van der Waals surface area (Å²) in [4.78, 5) is 14.6. The van der Waals surface area contributed by atoms with E-state index in [1.54, 1.807) is 11.3 Å². The Labute approximate surface area is 107 Å². The van der Waals surface area contributed by atoms with E-state index in [-0.39, 0.29) is 5.91 Å². The van der Waals surface area contributed by atoms with E-state index < -0.39 is 0 Å². The number of nitrogens with zero attached hydrogens (tertiary/aromatic N) is 1. The van der Waals surface area contributed by atoms with Gasteiger partial charge >= 0.3 is 0 Å². The fourth-order valence-corrected chi connectivity index (χ4v) is 2.45. The molecule has 0 bridgehead atoms. The summed E-state index contributed by atoms with van der Waals surface area (Å²) in [6.07, 6.45) is 3.64. The third-order valence-corrected chi connectivity index (χ3v) is 3.47. The van der Waals surface area contributed by atoms with Crippen molar-refractivity contribution < 1.29 is 4.79 Å². The van der Waals surface area contributed by atoms with Crippen LogP contribution in [-0.4, -0.2) is 24.4 Å². The molecule has 5 heteroatoms. The molecule has 0 fully saturated rings. The van der Waals surface area contributed by atoms with Gasteiger partial charge in [-0.25, -0.2) is 5.84 Å². The van der Waals surface area contributed by atoms with Gasteiger partial charge in [0.1, 0.15) is 0 Å². The molecule has 0 unspecified atom stereocenters. The third kappa shape index (κ3) is 6.41. The summed E-state index contributed by atoms with van der Waals surface area (Å²) in [5, 5.41) is 2.11. The van der Waals surface area contributed by atoms with Crippen LogP contribution in [0, 0.1) is 0 Å². The van der Waals surface area contributed by atoms with E-state index >= 15 is 0 Å². The summed E-state index contributed by atoms with van der Waals surface area (Å²) in [6, 6.07) is 4.24. The topological polar surface area (TPSA) is 58.4 Å². The third-order valence-electron chi connectivity index (χ3n) is 2.61. The number of nitrogens with two attached hydrogens (primary N) is 1. The lowest BCUT2D eigenvalue weighted by molar-refractivity contribution is -0.121. The molecule has 0 radical (unpaired) electrons. The Morgan fingerprint density at radius 3 is 2.94 bits per heavy atom. The van der Waals surface area contributed by atoms with Gasteiger partial charge in [-0.1, -0.05) is 12.5 Å². The Bertz CT molecular complexity index is 314. The van der Waals surface area contributed by atoms with Crippen LogP contribution in [0.15, 0.2) is 17.5 Å². The minimum Gasteiger partial charge on any atom is -0.301 e. The van der Waals surface area contributed by atoms with E-state index in [0.717, 1.165) is 32.4 Å². The molecule has 0 spiro atoms. The molecule has 0 saturated carbocycles. The number of hydrogen-bond acceptors (Lipinski definition) is 4. The Balaban J connectivity index is 2.00. The van der Waals surface area contributed by atoms with Gasteiger partial charge in [0, 0.05) is 17.8 Å². The predicted octanol–water partition coefficient (Wildman–Crippen LogP) is 1.73. The van der Waals surface area contributed by atoms with Crippen molar-refractivity contribution in [2.75, 3.05) is 13.6 Å². The maximum Gasteiger partial charge on any atom is 0.233 e. The molecule has 1 rings (SSSR count). The molecule has 0 atom stereocenters. The van der Waals surface area contributed by atoms with E-state index in [9.17, 15) is 4.79 Å². The lowest BCUT2D eigenvalue weighted by Crippen LogP contribution is -2.29. The van der Waals surface area contributed by atoms with E-state index in [1.165, 1.54) is 4.88 Å². The maximum absolute atomic E-state index is 10.9. The first-order valence-corrected chi connectivity index (χ1v) is 6.80. The fourth-order valence-electron chi connectivity index (χ4n) is 1.66. The van der Waals surface area contributed by atoms with E-state index in [1.807, 2.05) is 0 Å². The van der Waals surface area contributed by atoms with Crippen LogP contribution in [-0.2, 0) is 11.3 Å². The number of unbranched alkanes of at least 4 members (excludes halogenated alkanes) is 2. The normalized spacial score (nSPS) is 10.8. The molecule has 17 heavy (non-hydrogen) atoms. The molecule has 0 aliphatic carbocycles. The number of nitrogens with one attached hydrogen (secondary N) is 1. The van der Waals surface area contributed by atoms with Crippen molar-refractivity contribution in [2.45, 2.75) is 32.2 Å². The lowest BCUT2D eigenvalue weighted by Gasteiger charge is -2.15. The van der Waals surface area contributed by atoms with Gasteiger partial charge in [0.05, 0.1) is 0 Å². The van der Waals surface area contributed by atoms with Crippen molar-refractivity contribution in [1.82, 2.24) is 10.3 Å². The van der Waals surface area contributed by atoms with Crippen molar-refractivity contribution in [3.8, 4) is 0 Å². The summed E-state index contributed by atoms with van der Waals surface area (Å²) in [7, 11) is 2.13. The summed E-state index contributed by atoms with van der Waals surface area (Å²) in [5.41, 5.74) is 2.15. The van der Waals surface area contributed by atoms with Crippen LogP contribution in [0.3, 0.4) is 0 Å². The van der Waals surface area contributed by atoms with Crippen molar-refractivity contribution in [3.05, 3.63) is 22.4 Å². The fraction of sp³-hybridized carbons (Fsp3) is 0.583. The highest BCUT2D eigenvalue weighted by Gasteiger charge is 2.02. The second kappa shape index (κ2) is 8.22. The monoisotopic (exact) mass is 255 g/mol. The van der Waals surface area contributed by atoms with E-state index in [0.29, 0.717) is 6.42 Å². The number of hydrazine groups is 1. The molecule has 1 aromatic heterocycles. The molecule has 4 nitrogen and oxygen atoms in total. The predicted molar refractivity (Wildman–Crippen MR) is 71.5 cm³/mol. The van der Waals surface area contributed by atoms with Crippen molar-refractivity contribution >= 4 is 17.2 Å². The van der Waals surface area contributed by atoms with Gasteiger partial charge in [-0.2, -0.15) is 0 Å². The first-order chi connectivity index (χ1) is 8.22. The van der Waals surface area contributed by atoms with Crippen LogP contribution in [0.5, 0.6) is 0 Å². The molecular formula is C12H21N3OS. The van der Waals surface area contributed by atoms with Gasteiger partial charge in [0.15, 0.2) is 0 Å². The van der Waals surface area contributed by atoms with Gasteiger partial charge in [-0.3, -0.25) is 10.2 Å². The quantitative estimate of drug-likeness (QED) is 0.322. The molecular weight excluding hydrogens is 234 g/mol. The smallest absolute Gasteiger partial charge is 0.233 e. The highest BCUT2D eigenvalue weighted by atomic mass is 32.1. The zero-order valence-electron chi connectivity index (χ0n) is 10.3. The second-order valence-corrected chi connectivity index (χ2v) is 5.23. The first kappa shape index (κ1) is 14.2. The zero-order chi connectivity index (χ0) is 12.5. The average molecular weight is 255 g/mol. The Morgan fingerprint density at radius 1 is 1.47 bits per heavy atom. The highest BCUT2D eigenvalue weighted by molar-refractivity contribution is 7.09. The number of hydrogen-bond donors (Lipinski definition) is 2. The van der Waals surface area contributed by atoms with Gasteiger partial charge in [0.25, 0.3) is 0 Å². The lowest BCUT2D eigenvalue weighted by atomic mass is 10.2. The molecule has 0 aliphatic heterocycles. The van der Waals surface area contributed by atoms with Crippen LogP contribution in [0.2, 0.25) is 0 Å². The summed E-state index contributed by atoms with van der Waals surface area (Å²) < 4.78 is 0. The number of amides is 1. The number of thiophene rings is 1. The van der Waals surface area contributed by atoms with Crippen LogP contribution >= 0.6 is 11.3 Å². The Kier molecular flexibility index (Phi) is 6.84. The number of carbonyl (C=O) groups excluding carboxylic acids is 1. The van der Waals surface area contributed by atoms with Crippen LogP contribution in [0.1, 0.15) is 30.6 Å². The number of carbonyl (C=O) groups is 1.